The van der Waals surface area contributed by atoms with Gasteiger partial charge in [-0.2, -0.15) is 5.10 Å². The Labute approximate surface area is 112 Å². The van der Waals surface area contributed by atoms with Crippen LogP contribution in [0.4, 0.5) is 0 Å². The minimum absolute atomic E-state index is 0.0460. The summed E-state index contributed by atoms with van der Waals surface area (Å²) in [6.07, 6.45) is 7.97. The third kappa shape index (κ3) is 3.67. The highest BCUT2D eigenvalue weighted by Crippen LogP contribution is 2.00. The molecule has 0 unspecified atom stereocenters. The van der Waals surface area contributed by atoms with Gasteiger partial charge in [-0.1, -0.05) is 6.92 Å². The fourth-order valence-corrected chi connectivity index (χ4v) is 1.88. The normalized spacial score (nSPS) is 12.3. The Kier molecular flexibility index (Phi) is 4.33. The van der Waals surface area contributed by atoms with Crippen LogP contribution in [0.1, 0.15) is 12.7 Å². The molecule has 0 aliphatic heterocycles. The fourth-order valence-electron chi connectivity index (χ4n) is 1.88. The smallest absolute Gasteiger partial charge is 0.224 e. The van der Waals surface area contributed by atoms with Gasteiger partial charge in [-0.25, -0.2) is 4.98 Å². The highest BCUT2D eigenvalue weighted by molar-refractivity contribution is 5.78. The summed E-state index contributed by atoms with van der Waals surface area (Å²) in [6, 6.07) is 1.85. The van der Waals surface area contributed by atoms with E-state index in [1.807, 2.05) is 37.0 Å². The number of hydrogen-bond donors (Lipinski definition) is 1. The van der Waals surface area contributed by atoms with E-state index in [0.717, 1.165) is 12.2 Å². The lowest BCUT2D eigenvalue weighted by atomic mass is 10.1. The molecule has 1 N–H and O–H groups in total. The van der Waals surface area contributed by atoms with E-state index in [1.165, 1.54) is 0 Å². The van der Waals surface area contributed by atoms with Crippen molar-refractivity contribution in [2.75, 3.05) is 6.54 Å². The lowest BCUT2D eigenvalue weighted by Gasteiger charge is -2.12. The van der Waals surface area contributed by atoms with Crippen LogP contribution in [0, 0.1) is 5.92 Å². The first-order valence-electron chi connectivity index (χ1n) is 6.38. The molecule has 0 aromatic carbocycles. The number of carbonyl (C=O) groups is 1. The van der Waals surface area contributed by atoms with Crippen LogP contribution in [0.5, 0.6) is 0 Å². The standard InChI is InChI=1S/C13H19N5O/c1-11(10-18-8-3-5-16-18)13(19)15-6-4-12-14-7-9-17(12)2/h3,5,7-9,11H,4,6,10H2,1-2H3,(H,15,19)/t11-/m1/s1. The number of nitrogens with zero attached hydrogens (tertiary/aromatic N) is 4. The van der Waals surface area contributed by atoms with Crippen molar-refractivity contribution in [2.24, 2.45) is 13.0 Å². The van der Waals surface area contributed by atoms with Gasteiger partial charge in [-0.3, -0.25) is 9.48 Å². The van der Waals surface area contributed by atoms with Gasteiger partial charge >= 0.3 is 0 Å². The minimum Gasteiger partial charge on any atom is -0.355 e. The van der Waals surface area contributed by atoms with Crippen molar-refractivity contribution < 1.29 is 4.79 Å². The topological polar surface area (TPSA) is 64.7 Å². The molecule has 0 aliphatic carbocycles. The van der Waals surface area contributed by atoms with Gasteiger partial charge in [0, 0.05) is 44.8 Å². The van der Waals surface area contributed by atoms with Crippen molar-refractivity contribution in [1.29, 1.82) is 0 Å². The second-order valence-electron chi connectivity index (χ2n) is 4.62. The number of nitrogens with one attached hydrogen (secondary N) is 1. The molecule has 0 aliphatic rings. The van der Waals surface area contributed by atoms with Crippen molar-refractivity contribution in [1.82, 2.24) is 24.6 Å². The Balaban J connectivity index is 1.73. The summed E-state index contributed by atoms with van der Waals surface area (Å²) in [7, 11) is 1.95. The maximum Gasteiger partial charge on any atom is 0.224 e. The quantitative estimate of drug-likeness (QED) is 0.828. The number of hydrogen-bond acceptors (Lipinski definition) is 3. The van der Waals surface area contributed by atoms with Crippen LogP contribution in [-0.4, -0.2) is 31.8 Å². The number of aromatic nitrogens is 4. The van der Waals surface area contributed by atoms with Crippen LogP contribution in [0.2, 0.25) is 0 Å². The molecular formula is C13H19N5O. The summed E-state index contributed by atoms with van der Waals surface area (Å²) in [5.41, 5.74) is 0. The Morgan fingerprint density at radius 1 is 1.42 bits per heavy atom. The van der Waals surface area contributed by atoms with Crippen LogP contribution in [0.15, 0.2) is 30.9 Å². The van der Waals surface area contributed by atoms with Crippen molar-refractivity contribution in [3.05, 3.63) is 36.7 Å². The van der Waals surface area contributed by atoms with Crippen molar-refractivity contribution in [2.45, 2.75) is 19.9 Å². The van der Waals surface area contributed by atoms with Crippen LogP contribution in [-0.2, 0) is 24.8 Å². The van der Waals surface area contributed by atoms with Gasteiger partial charge in [0.2, 0.25) is 5.91 Å². The number of rotatable bonds is 6. The monoisotopic (exact) mass is 261 g/mol. The van der Waals surface area contributed by atoms with Crippen LogP contribution < -0.4 is 5.32 Å². The molecule has 6 nitrogen and oxygen atoms in total. The van der Waals surface area contributed by atoms with E-state index in [1.54, 1.807) is 17.1 Å². The zero-order chi connectivity index (χ0) is 13.7. The molecule has 2 rings (SSSR count). The average molecular weight is 261 g/mol. The van der Waals surface area contributed by atoms with Crippen molar-refractivity contribution in [3.8, 4) is 0 Å². The Bertz CT molecular complexity index is 517. The molecular weight excluding hydrogens is 242 g/mol. The van der Waals surface area contributed by atoms with Gasteiger partial charge < -0.3 is 9.88 Å². The molecule has 0 radical (unpaired) electrons. The maximum atomic E-state index is 11.9. The lowest BCUT2D eigenvalue weighted by Crippen LogP contribution is -2.33. The predicted octanol–water partition coefficient (Wildman–Crippen LogP) is 0.612. The Hall–Kier alpha value is -2.11. The summed E-state index contributed by atoms with van der Waals surface area (Å²) < 4.78 is 3.72. The molecule has 0 fully saturated rings. The van der Waals surface area contributed by atoms with E-state index in [0.29, 0.717) is 13.1 Å². The summed E-state index contributed by atoms with van der Waals surface area (Å²) in [5, 5.41) is 7.02. The van der Waals surface area contributed by atoms with Crippen LogP contribution in [0.25, 0.3) is 0 Å². The minimum atomic E-state index is -0.0960. The largest absolute Gasteiger partial charge is 0.355 e. The molecule has 1 atom stereocenters. The number of carbonyl (C=O) groups excluding carboxylic acids is 1. The first kappa shape index (κ1) is 13.3. The highest BCUT2D eigenvalue weighted by atomic mass is 16.1. The van der Waals surface area contributed by atoms with Crippen molar-refractivity contribution in [3.63, 3.8) is 0 Å². The average Bonchev–Trinajstić information content (AvgIpc) is 3.02. The zero-order valence-corrected chi connectivity index (χ0v) is 11.3. The number of aryl methyl sites for hydroxylation is 1. The maximum absolute atomic E-state index is 11.9. The Morgan fingerprint density at radius 2 is 2.26 bits per heavy atom. The number of imidazole rings is 1. The first-order chi connectivity index (χ1) is 9.16. The van der Waals surface area contributed by atoms with Crippen molar-refractivity contribution >= 4 is 5.91 Å². The van der Waals surface area contributed by atoms with E-state index < -0.39 is 0 Å². The van der Waals surface area contributed by atoms with E-state index in [2.05, 4.69) is 15.4 Å². The summed E-state index contributed by atoms with van der Waals surface area (Å²) in [6.45, 7) is 3.10. The predicted molar refractivity (Wildman–Crippen MR) is 71.3 cm³/mol. The molecule has 0 bridgehead atoms. The highest BCUT2D eigenvalue weighted by Gasteiger charge is 2.13. The lowest BCUT2D eigenvalue weighted by molar-refractivity contribution is -0.124. The van der Waals surface area contributed by atoms with Crippen LogP contribution >= 0.6 is 0 Å². The van der Waals surface area contributed by atoms with Gasteiger partial charge in [-0.05, 0) is 6.07 Å². The molecule has 0 spiro atoms. The van der Waals surface area contributed by atoms with Gasteiger partial charge in [0.15, 0.2) is 0 Å². The Morgan fingerprint density at radius 3 is 2.89 bits per heavy atom. The molecule has 1 amide bonds. The third-order valence-electron chi connectivity index (χ3n) is 3.04. The van der Waals surface area contributed by atoms with E-state index in [4.69, 9.17) is 0 Å². The van der Waals surface area contributed by atoms with Crippen LogP contribution in [0.3, 0.4) is 0 Å². The van der Waals surface area contributed by atoms with E-state index in [9.17, 15) is 4.79 Å². The number of amides is 1. The third-order valence-corrected chi connectivity index (χ3v) is 3.04. The molecule has 0 saturated carbocycles. The molecule has 19 heavy (non-hydrogen) atoms. The fraction of sp³-hybridized carbons (Fsp3) is 0.462. The second-order valence-corrected chi connectivity index (χ2v) is 4.62. The van der Waals surface area contributed by atoms with Gasteiger partial charge in [0.1, 0.15) is 5.82 Å². The molecule has 2 aromatic heterocycles. The second kappa shape index (κ2) is 6.17. The van der Waals surface area contributed by atoms with E-state index >= 15 is 0 Å². The van der Waals surface area contributed by atoms with E-state index in [-0.39, 0.29) is 11.8 Å². The van der Waals surface area contributed by atoms with Gasteiger partial charge in [0.05, 0.1) is 12.5 Å². The summed E-state index contributed by atoms with van der Waals surface area (Å²) in [4.78, 5) is 16.1. The molecule has 102 valence electrons. The molecule has 6 heteroatoms. The van der Waals surface area contributed by atoms with Gasteiger partial charge in [0.25, 0.3) is 0 Å². The summed E-state index contributed by atoms with van der Waals surface area (Å²) >= 11 is 0. The zero-order valence-electron chi connectivity index (χ0n) is 11.3. The first-order valence-corrected chi connectivity index (χ1v) is 6.38. The van der Waals surface area contributed by atoms with Gasteiger partial charge in [-0.15, -0.1) is 0 Å². The molecule has 0 saturated heterocycles. The molecule has 2 heterocycles. The summed E-state index contributed by atoms with van der Waals surface area (Å²) in [5.74, 6) is 0.922. The SMILES string of the molecule is C[C@H](Cn1cccn1)C(=O)NCCc1nccn1C. The molecule has 2 aromatic rings.